The Labute approximate surface area is 128 Å². The number of hydrogen-bond donors (Lipinski definition) is 1. The lowest BCUT2D eigenvalue weighted by molar-refractivity contribution is 0.587. The lowest BCUT2D eigenvalue weighted by Crippen LogP contribution is -2.14. The molecule has 1 N–H and O–H groups in total. The standard InChI is InChI=1S/C12H14ClN3O2S2/c1-8(2)20(17,18)9-4-5-10(13)11(6-9)16-12(19-3)15-7-14/h4-6,8H,1-3H3,(H,15,16). The number of halogens is 1. The van der Waals surface area contributed by atoms with E-state index in [2.05, 4.69) is 10.3 Å². The SMILES string of the molecule is CSC(=Nc1cc(S(=O)(=O)C(C)C)ccc1Cl)NC#N. The molecule has 0 aliphatic rings. The first-order valence-electron chi connectivity index (χ1n) is 5.64. The summed E-state index contributed by atoms with van der Waals surface area (Å²) in [7, 11) is -3.39. The molecule has 0 aliphatic heterocycles. The van der Waals surface area contributed by atoms with Crippen LogP contribution in [0.1, 0.15) is 13.8 Å². The minimum atomic E-state index is -3.39. The van der Waals surface area contributed by atoms with Crippen LogP contribution in [0.4, 0.5) is 5.69 Å². The van der Waals surface area contributed by atoms with Crippen LogP contribution in [0.2, 0.25) is 5.02 Å². The Balaban J connectivity index is 3.34. The van der Waals surface area contributed by atoms with Gasteiger partial charge in [-0.3, -0.25) is 5.32 Å². The number of aliphatic imine (C=N–C) groups is 1. The molecule has 1 aromatic rings. The van der Waals surface area contributed by atoms with E-state index < -0.39 is 15.1 Å². The molecule has 0 radical (unpaired) electrons. The molecule has 0 aromatic heterocycles. The van der Waals surface area contributed by atoms with Crippen molar-refractivity contribution < 1.29 is 8.42 Å². The molecule has 0 spiro atoms. The summed E-state index contributed by atoms with van der Waals surface area (Å²) >= 11 is 7.23. The molecular formula is C12H14ClN3O2S2. The van der Waals surface area contributed by atoms with E-state index in [1.54, 1.807) is 26.3 Å². The Morgan fingerprint density at radius 1 is 1.50 bits per heavy atom. The fraction of sp³-hybridized carbons (Fsp3) is 0.333. The lowest BCUT2D eigenvalue weighted by Gasteiger charge is -2.09. The summed E-state index contributed by atoms with van der Waals surface area (Å²) in [5.41, 5.74) is 0.306. The largest absolute Gasteiger partial charge is 0.271 e. The van der Waals surface area contributed by atoms with Crippen molar-refractivity contribution in [2.75, 3.05) is 6.26 Å². The molecule has 0 saturated carbocycles. The molecule has 0 amide bonds. The lowest BCUT2D eigenvalue weighted by atomic mass is 10.3. The van der Waals surface area contributed by atoms with Gasteiger partial charge in [0.25, 0.3) is 0 Å². The summed E-state index contributed by atoms with van der Waals surface area (Å²) in [6.45, 7) is 3.22. The number of thioether (sulfide) groups is 1. The van der Waals surface area contributed by atoms with Gasteiger partial charge in [0.15, 0.2) is 21.2 Å². The van der Waals surface area contributed by atoms with Crippen LogP contribution < -0.4 is 5.32 Å². The molecule has 0 atom stereocenters. The van der Waals surface area contributed by atoms with E-state index in [1.807, 2.05) is 0 Å². The Morgan fingerprint density at radius 2 is 2.15 bits per heavy atom. The molecule has 0 aliphatic carbocycles. The Hall–Kier alpha value is -1.23. The van der Waals surface area contributed by atoms with Crippen LogP contribution in [0, 0.1) is 11.5 Å². The molecular weight excluding hydrogens is 318 g/mol. The maximum absolute atomic E-state index is 12.1. The molecule has 8 heteroatoms. The highest BCUT2D eigenvalue weighted by atomic mass is 35.5. The van der Waals surface area contributed by atoms with Crippen molar-refractivity contribution in [2.45, 2.75) is 24.0 Å². The zero-order valence-corrected chi connectivity index (χ0v) is 13.6. The molecule has 1 aromatic carbocycles. The Kier molecular flexibility index (Phi) is 5.87. The zero-order valence-electron chi connectivity index (χ0n) is 11.2. The van der Waals surface area contributed by atoms with E-state index >= 15 is 0 Å². The fourth-order valence-corrected chi connectivity index (χ4v) is 2.88. The topological polar surface area (TPSA) is 82.3 Å². The third kappa shape index (κ3) is 3.88. The molecule has 0 unspecified atom stereocenters. The summed E-state index contributed by atoms with van der Waals surface area (Å²) in [4.78, 5) is 4.31. The number of sulfone groups is 1. The molecule has 108 valence electrons. The van der Waals surface area contributed by atoms with Gasteiger partial charge < -0.3 is 0 Å². The average Bonchev–Trinajstić information content (AvgIpc) is 2.40. The van der Waals surface area contributed by atoms with Crippen LogP contribution in [0.15, 0.2) is 28.1 Å². The third-order valence-electron chi connectivity index (χ3n) is 2.44. The van der Waals surface area contributed by atoms with Gasteiger partial charge in [-0.05, 0) is 38.3 Å². The van der Waals surface area contributed by atoms with Gasteiger partial charge in [0, 0.05) is 0 Å². The van der Waals surface area contributed by atoms with E-state index in [0.717, 1.165) is 0 Å². The number of nitrogens with zero attached hydrogens (tertiary/aromatic N) is 2. The van der Waals surface area contributed by atoms with Gasteiger partial charge in [-0.2, -0.15) is 5.26 Å². The van der Waals surface area contributed by atoms with Gasteiger partial charge in [0.2, 0.25) is 0 Å². The molecule has 0 saturated heterocycles. The first-order chi connectivity index (χ1) is 9.32. The monoisotopic (exact) mass is 331 g/mol. The first-order valence-corrected chi connectivity index (χ1v) is 8.79. The summed E-state index contributed by atoms with van der Waals surface area (Å²) in [5, 5.41) is 11.1. The number of nitriles is 1. The number of benzene rings is 1. The highest BCUT2D eigenvalue weighted by molar-refractivity contribution is 8.13. The molecule has 20 heavy (non-hydrogen) atoms. The normalized spacial score (nSPS) is 12.3. The second-order valence-electron chi connectivity index (χ2n) is 4.06. The van der Waals surface area contributed by atoms with Crippen LogP contribution in [-0.2, 0) is 9.84 Å². The quantitative estimate of drug-likeness (QED) is 0.398. The minimum absolute atomic E-state index is 0.160. The highest BCUT2D eigenvalue weighted by Gasteiger charge is 2.20. The van der Waals surface area contributed by atoms with Gasteiger partial charge in [-0.1, -0.05) is 23.4 Å². The van der Waals surface area contributed by atoms with Crippen LogP contribution in [0.5, 0.6) is 0 Å². The molecule has 5 nitrogen and oxygen atoms in total. The predicted molar refractivity (Wildman–Crippen MR) is 83.1 cm³/mol. The van der Waals surface area contributed by atoms with Gasteiger partial charge >= 0.3 is 0 Å². The van der Waals surface area contributed by atoms with Crippen LogP contribution in [0.3, 0.4) is 0 Å². The fourth-order valence-electron chi connectivity index (χ4n) is 1.31. The van der Waals surface area contributed by atoms with Crippen molar-refractivity contribution >= 4 is 44.1 Å². The zero-order chi connectivity index (χ0) is 15.3. The Morgan fingerprint density at radius 3 is 2.65 bits per heavy atom. The second kappa shape index (κ2) is 6.97. The average molecular weight is 332 g/mol. The van der Waals surface area contributed by atoms with Crippen molar-refractivity contribution in [3.05, 3.63) is 23.2 Å². The van der Waals surface area contributed by atoms with E-state index in [-0.39, 0.29) is 4.90 Å². The van der Waals surface area contributed by atoms with Gasteiger partial charge in [-0.25, -0.2) is 13.4 Å². The maximum atomic E-state index is 12.1. The van der Waals surface area contributed by atoms with Crippen molar-refractivity contribution in [2.24, 2.45) is 4.99 Å². The first kappa shape index (κ1) is 16.8. The van der Waals surface area contributed by atoms with Gasteiger partial charge in [0.1, 0.15) is 0 Å². The van der Waals surface area contributed by atoms with Crippen molar-refractivity contribution in [1.82, 2.24) is 5.32 Å². The van der Waals surface area contributed by atoms with E-state index in [0.29, 0.717) is 15.9 Å². The number of amidine groups is 1. The number of nitrogens with one attached hydrogen (secondary N) is 1. The van der Waals surface area contributed by atoms with E-state index in [1.165, 1.54) is 30.0 Å². The van der Waals surface area contributed by atoms with E-state index in [4.69, 9.17) is 16.9 Å². The number of rotatable bonds is 3. The van der Waals surface area contributed by atoms with Crippen LogP contribution in [-0.4, -0.2) is 25.1 Å². The Bertz CT molecular complexity index is 664. The maximum Gasteiger partial charge on any atom is 0.183 e. The number of hydrogen-bond acceptors (Lipinski definition) is 5. The molecule has 1 rings (SSSR count). The molecule has 0 bridgehead atoms. The van der Waals surface area contributed by atoms with Crippen LogP contribution in [0.25, 0.3) is 0 Å². The van der Waals surface area contributed by atoms with Crippen molar-refractivity contribution in [3.63, 3.8) is 0 Å². The van der Waals surface area contributed by atoms with Gasteiger partial charge in [0.05, 0.1) is 20.9 Å². The smallest absolute Gasteiger partial charge is 0.183 e. The van der Waals surface area contributed by atoms with Crippen molar-refractivity contribution in [3.8, 4) is 6.19 Å². The second-order valence-corrected chi connectivity index (χ2v) is 7.77. The van der Waals surface area contributed by atoms with E-state index in [9.17, 15) is 8.42 Å². The third-order valence-corrected chi connectivity index (χ3v) is 5.50. The summed E-state index contributed by atoms with van der Waals surface area (Å²) < 4.78 is 24.2. The predicted octanol–water partition coefficient (Wildman–Crippen LogP) is 2.94. The summed E-state index contributed by atoms with van der Waals surface area (Å²) in [6, 6.07) is 4.35. The van der Waals surface area contributed by atoms with Crippen LogP contribution >= 0.6 is 23.4 Å². The van der Waals surface area contributed by atoms with Crippen molar-refractivity contribution in [1.29, 1.82) is 5.26 Å². The summed E-state index contributed by atoms with van der Waals surface area (Å²) in [6.07, 6.45) is 3.50. The minimum Gasteiger partial charge on any atom is -0.271 e. The molecule has 0 fully saturated rings. The highest BCUT2D eigenvalue weighted by Crippen LogP contribution is 2.30. The molecule has 0 heterocycles. The van der Waals surface area contributed by atoms with Gasteiger partial charge in [-0.15, -0.1) is 0 Å². The summed E-state index contributed by atoms with van der Waals surface area (Å²) in [5.74, 6) is 0.